The van der Waals surface area contributed by atoms with E-state index in [4.69, 9.17) is 18.9 Å². The van der Waals surface area contributed by atoms with Gasteiger partial charge in [-0.2, -0.15) is 0 Å². The summed E-state index contributed by atoms with van der Waals surface area (Å²) in [5.41, 5.74) is 2.71. The summed E-state index contributed by atoms with van der Waals surface area (Å²) in [6.45, 7) is 6.75. The molecule has 184 valence electrons. The van der Waals surface area contributed by atoms with Crippen LogP contribution in [0.25, 0.3) is 0 Å². The van der Waals surface area contributed by atoms with Gasteiger partial charge in [-0.25, -0.2) is 4.39 Å². The van der Waals surface area contributed by atoms with Gasteiger partial charge in [-0.15, -0.1) is 10.2 Å². The highest BCUT2D eigenvalue weighted by atomic mass is 32.1. The van der Waals surface area contributed by atoms with Gasteiger partial charge >= 0.3 is 0 Å². The molecule has 2 atom stereocenters. The molecule has 0 bridgehead atoms. The number of likely N-dealkylation sites (tertiary alicyclic amines) is 1. The van der Waals surface area contributed by atoms with Crippen molar-refractivity contribution in [1.82, 2.24) is 15.1 Å². The molecule has 0 saturated carbocycles. The molecule has 2 aromatic rings. The van der Waals surface area contributed by atoms with Gasteiger partial charge in [0.1, 0.15) is 35.4 Å². The summed E-state index contributed by atoms with van der Waals surface area (Å²) in [5, 5.41) is 9.09. The Morgan fingerprint density at radius 2 is 2.06 bits per heavy atom. The average molecular weight is 491 g/mol. The number of nitrogens with zero attached hydrogens (tertiary/aromatic N) is 4. The molecule has 4 saturated heterocycles. The van der Waals surface area contributed by atoms with E-state index < -0.39 is 0 Å². The van der Waals surface area contributed by atoms with E-state index in [0.29, 0.717) is 38.4 Å². The Bertz CT molecular complexity index is 960. The van der Waals surface area contributed by atoms with Gasteiger partial charge < -0.3 is 23.8 Å². The molecular weight excluding hydrogens is 459 g/mol. The van der Waals surface area contributed by atoms with Crippen LogP contribution in [0.15, 0.2) is 23.7 Å². The third-order valence-corrected chi connectivity index (χ3v) is 8.28. The molecule has 1 spiro atoms. The van der Waals surface area contributed by atoms with Gasteiger partial charge in [-0.05, 0) is 56.5 Å². The molecular formula is C24H31FN4O4S. The average Bonchev–Trinajstić information content (AvgIpc) is 3.54. The topological polar surface area (TPSA) is 69.2 Å². The molecule has 4 fully saturated rings. The van der Waals surface area contributed by atoms with E-state index in [9.17, 15) is 4.39 Å². The van der Waals surface area contributed by atoms with E-state index in [1.54, 1.807) is 29.0 Å². The van der Waals surface area contributed by atoms with Crippen LogP contribution in [0.5, 0.6) is 5.75 Å². The summed E-state index contributed by atoms with van der Waals surface area (Å²) in [7, 11) is 0. The first-order valence-electron chi connectivity index (χ1n) is 12.2. The molecule has 0 amide bonds. The summed E-state index contributed by atoms with van der Waals surface area (Å²) < 4.78 is 37.7. The van der Waals surface area contributed by atoms with E-state index in [1.165, 1.54) is 6.07 Å². The minimum Gasteiger partial charge on any atom is -0.490 e. The number of benzene rings is 1. The van der Waals surface area contributed by atoms with Crippen LogP contribution in [0.3, 0.4) is 0 Å². The molecule has 6 rings (SSSR count). The fourth-order valence-corrected chi connectivity index (χ4v) is 6.29. The van der Waals surface area contributed by atoms with Crippen LogP contribution in [-0.4, -0.2) is 92.1 Å². The van der Waals surface area contributed by atoms with Gasteiger partial charge in [0.2, 0.25) is 5.13 Å². The van der Waals surface area contributed by atoms with Crippen LogP contribution >= 0.6 is 11.3 Å². The lowest BCUT2D eigenvalue weighted by Crippen LogP contribution is -2.62. The lowest BCUT2D eigenvalue weighted by Gasteiger charge is -2.47. The smallest absolute Gasteiger partial charge is 0.208 e. The van der Waals surface area contributed by atoms with Gasteiger partial charge in [0.15, 0.2) is 0 Å². The number of ether oxygens (including phenoxy) is 4. The van der Waals surface area contributed by atoms with Crippen molar-refractivity contribution in [2.45, 2.75) is 42.9 Å². The largest absolute Gasteiger partial charge is 0.490 e. The number of halogens is 1. The molecule has 4 aliphatic heterocycles. The molecule has 10 heteroatoms. The lowest BCUT2D eigenvalue weighted by atomic mass is 9.86. The molecule has 34 heavy (non-hydrogen) atoms. The van der Waals surface area contributed by atoms with Crippen LogP contribution in [0.2, 0.25) is 0 Å². The van der Waals surface area contributed by atoms with Crippen molar-refractivity contribution in [2.24, 2.45) is 0 Å². The Hall–Kier alpha value is -1.85. The Morgan fingerprint density at radius 1 is 1.18 bits per heavy atom. The fourth-order valence-electron chi connectivity index (χ4n) is 5.73. The van der Waals surface area contributed by atoms with Crippen molar-refractivity contribution < 1.29 is 23.3 Å². The van der Waals surface area contributed by atoms with Crippen LogP contribution in [0.1, 0.15) is 30.7 Å². The van der Waals surface area contributed by atoms with E-state index in [-0.39, 0.29) is 17.5 Å². The quantitative estimate of drug-likeness (QED) is 0.612. The second-order valence-electron chi connectivity index (χ2n) is 9.80. The number of hydrogen-bond acceptors (Lipinski definition) is 9. The van der Waals surface area contributed by atoms with Gasteiger partial charge in [0.05, 0.1) is 39.5 Å². The van der Waals surface area contributed by atoms with Crippen LogP contribution < -0.4 is 9.64 Å². The summed E-state index contributed by atoms with van der Waals surface area (Å²) >= 11 is 1.58. The highest BCUT2D eigenvalue weighted by Crippen LogP contribution is 2.41. The Labute approximate surface area is 202 Å². The zero-order valence-electron chi connectivity index (χ0n) is 19.2. The van der Waals surface area contributed by atoms with E-state index >= 15 is 0 Å². The Kier molecular flexibility index (Phi) is 6.42. The third-order valence-electron chi connectivity index (χ3n) is 7.53. The van der Waals surface area contributed by atoms with Gasteiger partial charge in [-0.3, -0.25) is 4.90 Å². The van der Waals surface area contributed by atoms with Crippen LogP contribution in [-0.2, 0) is 14.2 Å². The summed E-state index contributed by atoms with van der Waals surface area (Å²) in [4.78, 5) is 4.81. The first kappa shape index (κ1) is 22.6. The number of anilines is 1. The highest BCUT2D eigenvalue weighted by molar-refractivity contribution is 7.13. The monoisotopic (exact) mass is 490 g/mol. The van der Waals surface area contributed by atoms with Gasteiger partial charge in [0.25, 0.3) is 0 Å². The maximum Gasteiger partial charge on any atom is 0.208 e. The van der Waals surface area contributed by atoms with Crippen molar-refractivity contribution in [3.05, 3.63) is 35.1 Å². The summed E-state index contributed by atoms with van der Waals surface area (Å²) in [6.07, 6.45) is 2.97. The SMILES string of the molecule is Fc1ccc(OCC2COCCO2)c(C2CCN(C3COC4(C3)CN(c3nncs3)C4)CC2)c1. The van der Waals surface area contributed by atoms with Crippen molar-refractivity contribution in [2.75, 3.05) is 64.1 Å². The van der Waals surface area contributed by atoms with Crippen molar-refractivity contribution in [3.63, 3.8) is 0 Å². The highest BCUT2D eigenvalue weighted by Gasteiger charge is 2.51. The third kappa shape index (κ3) is 4.66. The molecule has 1 aromatic heterocycles. The van der Waals surface area contributed by atoms with Crippen LogP contribution in [0, 0.1) is 5.82 Å². The molecule has 0 radical (unpaired) electrons. The number of aromatic nitrogens is 2. The maximum atomic E-state index is 14.1. The molecule has 2 unspecified atom stereocenters. The second-order valence-corrected chi connectivity index (χ2v) is 10.6. The minimum atomic E-state index is -0.210. The van der Waals surface area contributed by atoms with Crippen LogP contribution in [0.4, 0.5) is 9.52 Å². The van der Waals surface area contributed by atoms with Gasteiger partial charge in [0, 0.05) is 11.6 Å². The molecule has 0 aliphatic carbocycles. The van der Waals surface area contributed by atoms with Gasteiger partial charge in [-0.1, -0.05) is 11.3 Å². The summed E-state index contributed by atoms with van der Waals surface area (Å²) in [6, 6.07) is 5.34. The maximum absolute atomic E-state index is 14.1. The molecule has 1 aromatic carbocycles. The first-order valence-corrected chi connectivity index (χ1v) is 13.1. The lowest BCUT2D eigenvalue weighted by molar-refractivity contribution is -0.101. The molecule has 5 heterocycles. The van der Waals surface area contributed by atoms with Crippen molar-refractivity contribution in [3.8, 4) is 5.75 Å². The van der Waals surface area contributed by atoms with E-state index in [1.807, 2.05) is 0 Å². The molecule has 0 N–H and O–H groups in total. The molecule has 8 nitrogen and oxygen atoms in total. The predicted molar refractivity (Wildman–Crippen MR) is 125 cm³/mol. The fraction of sp³-hybridized carbons (Fsp3) is 0.667. The number of rotatable bonds is 6. The van der Waals surface area contributed by atoms with E-state index in [2.05, 4.69) is 20.0 Å². The Balaban J connectivity index is 1.03. The van der Waals surface area contributed by atoms with Crippen molar-refractivity contribution in [1.29, 1.82) is 0 Å². The Morgan fingerprint density at radius 3 is 2.82 bits per heavy atom. The van der Waals surface area contributed by atoms with E-state index in [0.717, 1.165) is 68.5 Å². The number of piperidine rings is 1. The second kappa shape index (κ2) is 9.66. The molecule has 4 aliphatic rings. The zero-order valence-corrected chi connectivity index (χ0v) is 20.1. The normalized spacial score (nSPS) is 27.7. The standard InChI is InChI=1S/C24H31FN4O4S/c25-18-1-2-22(32-13-20-12-30-7-8-31-20)21(9-18)17-3-5-28(6-4-17)19-10-24(33-11-19)14-29(15-24)23-27-26-16-34-23/h1-2,9,16-17,19-20H,3-8,10-15H2. The minimum absolute atomic E-state index is 0.0400. The first-order chi connectivity index (χ1) is 16.7. The van der Waals surface area contributed by atoms with Crippen molar-refractivity contribution >= 4 is 16.5 Å². The predicted octanol–water partition coefficient (Wildman–Crippen LogP) is 2.70. The number of hydrogen-bond donors (Lipinski definition) is 0. The zero-order chi connectivity index (χ0) is 23.0. The summed E-state index contributed by atoms with van der Waals surface area (Å²) in [5.74, 6) is 0.847.